The lowest BCUT2D eigenvalue weighted by atomic mass is 10.1. The standard InChI is InChI=1S/C14H8BrClFNO/c15-11-5-12(16)13(17)6-14(11)19-8-10-3-1-2-9(4-10)7-18/h1-6H,8H2. The molecule has 96 valence electrons. The van der Waals surface area contributed by atoms with Gasteiger partial charge in [-0.2, -0.15) is 5.26 Å². The van der Waals surface area contributed by atoms with Crippen LogP contribution in [0.2, 0.25) is 5.02 Å². The van der Waals surface area contributed by atoms with E-state index in [9.17, 15) is 4.39 Å². The molecule has 0 aliphatic carbocycles. The zero-order valence-electron chi connectivity index (χ0n) is 9.66. The summed E-state index contributed by atoms with van der Waals surface area (Å²) >= 11 is 8.90. The monoisotopic (exact) mass is 339 g/mol. The first-order valence-electron chi connectivity index (χ1n) is 5.36. The predicted octanol–water partition coefficient (Wildman–Crippen LogP) is 4.69. The van der Waals surface area contributed by atoms with Crippen LogP contribution in [0.15, 0.2) is 40.9 Å². The first kappa shape index (κ1) is 13.9. The Hall–Kier alpha value is -1.57. The van der Waals surface area contributed by atoms with Crippen molar-refractivity contribution >= 4 is 27.5 Å². The lowest BCUT2D eigenvalue weighted by molar-refractivity contribution is 0.302. The third kappa shape index (κ3) is 3.46. The summed E-state index contributed by atoms with van der Waals surface area (Å²) in [6.07, 6.45) is 0. The summed E-state index contributed by atoms with van der Waals surface area (Å²) in [6.45, 7) is 0.245. The molecule has 0 saturated heterocycles. The average Bonchev–Trinajstić information content (AvgIpc) is 2.41. The summed E-state index contributed by atoms with van der Waals surface area (Å²) in [7, 11) is 0. The molecule has 0 aromatic heterocycles. The van der Waals surface area contributed by atoms with Gasteiger partial charge in [0.15, 0.2) is 0 Å². The largest absolute Gasteiger partial charge is 0.488 e. The Morgan fingerprint density at radius 3 is 2.84 bits per heavy atom. The summed E-state index contributed by atoms with van der Waals surface area (Å²) in [5.41, 5.74) is 1.39. The second-order valence-corrected chi connectivity index (χ2v) is 5.06. The van der Waals surface area contributed by atoms with E-state index in [-0.39, 0.29) is 11.6 Å². The molecule has 0 aliphatic rings. The molecule has 0 spiro atoms. The van der Waals surface area contributed by atoms with Gasteiger partial charge in [-0.1, -0.05) is 23.7 Å². The molecule has 0 amide bonds. The van der Waals surface area contributed by atoms with Gasteiger partial charge in [-0.3, -0.25) is 0 Å². The molecule has 0 aliphatic heterocycles. The van der Waals surface area contributed by atoms with Gasteiger partial charge in [0.25, 0.3) is 0 Å². The molecule has 2 aromatic carbocycles. The number of hydrogen-bond donors (Lipinski definition) is 0. The molecule has 19 heavy (non-hydrogen) atoms. The lowest BCUT2D eigenvalue weighted by Crippen LogP contribution is -1.97. The third-order valence-corrected chi connectivity index (χ3v) is 3.33. The van der Waals surface area contributed by atoms with Crippen molar-refractivity contribution in [2.24, 2.45) is 0 Å². The van der Waals surface area contributed by atoms with E-state index in [1.807, 2.05) is 6.07 Å². The average molecular weight is 341 g/mol. The van der Waals surface area contributed by atoms with Crippen LogP contribution in [-0.2, 0) is 6.61 Å². The van der Waals surface area contributed by atoms with Crippen molar-refractivity contribution in [1.82, 2.24) is 0 Å². The first-order valence-corrected chi connectivity index (χ1v) is 6.53. The zero-order chi connectivity index (χ0) is 13.8. The van der Waals surface area contributed by atoms with Gasteiger partial charge in [-0.15, -0.1) is 0 Å². The molecule has 0 N–H and O–H groups in total. The molecule has 0 atom stereocenters. The fourth-order valence-corrected chi connectivity index (χ4v) is 2.26. The van der Waals surface area contributed by atoms with Gasteiger partial charge in [0.2, 0.25) is 0 Å². The van der Waals surface area contributed by atoms with Gasteiger partial charge in [0.1, 0.15) is 18.2 Å². The van der Waals surface area contributed by atoms with Crippen molar-refractivity contribution in [1.29, 1.82) is 5.26 Å². The van der Waals surface area contributed by atoms with Crippen LogP contribution in [0.5, 0.6) is 5.75 Å². The molecular formula is C14H8BrClFNO. The normalized spacial score (nSPS) is 10.0. The van der Waals surface area contributed by atoms with Gasteiger partial charge in [0.05, 0.1) is 21.1 Å². The third-order valence-electron chi connectivity index (χ3n) is 2.43. The maximum Gasteiger partial charge on any atom is 0.145 e. The van der Waals surface area contributed by atoms with Crippen LogP contribution in [0.25, 0.3) is 0 Å². The fraction of sp³-hybridized carbons (Fsp3) is 0.0714. The van der Waals surface area contributed by atoms with E-state index in [0.29, 0.717) is 15.8 Å². The van der Waals surface area contributed by atoms with Crippen molar-refractivity contribution in [3.8, 4) is 11.8 Å². The molecule has 0 radical (unpaired) electrons. The number of hydrogen-bond acceptors (Lipinski definition) is 2. The van der Waals surface area contributed by atoms with Crippen LogP contribution in [0, 0.1) is 17.1 Å². The number of rotatable bonds is 3. The topological polar surface area (TPSA) is 33.0 Å². The van der Waals surface area contributed by atoms with Crippen LogP contribution in [0.1, 0.15) is 11.1 Å². The van der Waals surface area contributed by atoms with Crippen molar-refractivity contribution in [3.05, 3.63) is 62.8 Å². The van der Waals surface area contributed by atoms with Crippen LogP contribution >= 0.6 is 27.5 Å². The number of nitriles is 1. The molecule has 5 heteroatoms. The van der Waals surface area contributed by atoms with Crippen LogP contribution < -0.4 is 4.74 Å². The van der Waals surface area contributed by atoms with Crippen molar-refractivity contribution in [2.75, 3.05) is 0 Å². The van der Waals surface area contributed by atoms with Crippen LogP contribution in [0.3, 0.4) is 0 Å². The second kappa shape index (κ2) is 6.05. The van der Waals surface area contributed by atoms with Gasteiger partial charge >= 0.3 is 0 Å². The Balaban J connectivity index is 2.14. The fourth-order valence-electron chi connectivity index (χ4n) is 1.51. The quantitative estimate of drug-likeness (QED) is 0.759. The van der Waals surface area contributed by atoms with Crippen LogP contribution in [-0.4, -0.2) is 0 Å². The molecule has 0 fully saturated rings. The Labute approximate surface area is 123 Å². The minimum absolute atomic E-state index is 0.0331. The highest BCUT2D eigenvalue weighted by molar-refractivity contribution is 9.10. The highest BCUT2D eigenvalue weighted by atomic mass is 79.9. The maximum atomic E-state index is 13.3. The minimum atomic E-state index is -0.536. The van der Waals surface area contributed by atoms with Crippen molar-refractivity contribution in [2.45, 2.75) is 6.61 Å². The Morgan fingerprint density at radius 1 is 1.32 bits per heavy atom. The van der Waals surface area contributed by atoms with Gasteiger partial charge in [0, 0.05) is 6.07 Å². The minimum Gasteiger partial charge on any atom is -0.488 e. The molecule has 2 aromatic rings. The highest BCUT2D eigenvalue weighted by Crippen LogP contribution is 2.31. The Bertz CT molecular complexity index is 654. The maximum absolute atomic E-state index is 13.3. The number of benzene rings is 2. The Kier molecular flexibility index (Phi) is 4.41. The summed E-state index contributed by atoms with van der Waals surface area (Å²) in [5, 5.41) is 8.83. The molecule has 0 saturated carbocycles. The summed E-state index contributed by atoms with van der Waals surface area (Å²) < 4.78 is 19.4. The molecule has 2 rings (SSSR count). The van der Waals surface area contributed by atoms with E-state index < -0.39 is 5.82 Å². The van der Waals surface area contributed by atoms with E-state index in [1.165, 1.54) is 12.1 Å². The van der Waals surface area contributed by atoms with E-state index in [2.05, 4.69) is 22.0 Å². The summed E-state index contributed by atoms with van der Waals surface area (Å²) in [5.74, 6) is -0.171. The number of ether oxygens (including phenoxy) is 1. The van der Waals surface area contributed by atoms with Crippen LogP contribution in [0.4, 0.5) is 4.39 Å². The van der Waals surface area contributed by atoms with E-state index in [0.717, 1.165) is 5.56 Å². The van der Waals surface area contributed by atoms with E-state index >= 15 is 0 Å². The second-order valence-electron chi connectivity index (χ2n) is 3.80. The SMILES string of the molecule is N#Cc1cccc(COc2cc(F)c(Cl)cc2Br)c1. The molecule has 0 heterocycles. The van der Waals surface area contributed by atoms with E-state index in [4.69, 9.17) is 21.6 Å². The number of halogens is 3. The predicted molar refractivity (Wildman–Crippen MR) is 74.6 cm³/mol. The van der Waals surface area contributed by atoms with Crippen molar-refractivity contribution in [3.63, 3.8) is 0 Å². The molecular weight excluding hydrogens is 333 g/mol. The van der Waals surface area contributed by atoms with Gasteiger partial charge < -0.3 is 4.74 Å². The van der Waals surface area contributed by atoms with E-state index in [1.54, 1.807) is 18.2 Å². The van der Waals surface area contributed by atoms with Crippen molar-refractivity contribution < 1.29 is 9.13 Å². The zero-order valence-corrected chi connectivity index (χ0v) is 12.0. The van der Waals surface area contributed by atoms with Gasteiger partial charge in [-0.05, 0) is 39.7 Å². The van der Waals surface area contributed by atoms with Gasteiger partial charge in [-0.25, -0.2) is 4.39 Å². The summed E-state index contributed by atoms with van der Waals surface area (Å²) in [4.78, 5) is 0. The molecule has 2 nitrogen and oxygen atoms in total. The Morgan fingerprint density at radius 2 is 2.11 bits per heavy atom. The smallest absolute Gasteiger partial charge is 0.145 e. The number of nitrogens with zero attached hydrogens (tertiary/aromatic N) is 1. The molecule has 0 bridgehead atoms. The highest BCUT2D eigenvalue weighted by Gasteiger charge is 2.08. The first-order chi connectivity index (χ1) is 9.10. The lowest BCUT2D eigenvalue weighted by Gasteiger charge is -2.09. The molecule has 0 unspecified atom stereocenters. The summed E-state index contributed by atoms with van der Waals surface area (Å²) in [6, 6.07) is 11.8.